The minimum absolute atomic E-state index is 0.00285. The van der Waals surface area contributed by atoms with Gasteiger partial charge in [-0.2, -0.15) is 5.26 Å². The maximum absolute atomic E-state index is 9.17. The van der Waals surface area contributed by atoms with Gasteiger partial charge in [0.2, 0.25) is 0 Å². The zero-order chi connectivity index (χ0) is 17.2. The fourth-order valence-electron chi connectivity index (χ4n) is 3.22. The van der Waals surface area contributed by atoms with E-state index in [1.807, 2.05) is 24.4 Å². The maximum atomic E-state index is 9.17. The molecule has 1 unspecified atom stereocenters. The first-order valence-electron chi connectivity index (χ1n) is 8.19. The normalized spacial score (nSPS) is 17.6. The van der Waals surface area contributed by atoms with Crippen molar-refractivity contribution in [2.24, 2.45) is 5.73 Å². The number of aromatic nitrogens is 3. The molecule has 3 N–H and O–H groups in total. The number of nitrogens with zero attached hydrogens (tertiary/aromatic N) is 4. The second-order valence-corrected chi connectivity index (χ2v) is 5.99. The summed E-state index contributed by atoms with van der Waals surface area (Å²) in [5.74, 6) is 0.866. The van der Waals surface area contributed by atoms with E-state index in [-0.39, 0.29) is 6.10 Å². The summed E-state index contributed by atoms with van der Waals surface area (Å²) in [7, 11) is 0. The lowest BCUT2D eigenvalue weighted by Gasteiger charge is -2.33. The minimum atomic E-state index is 0.00285. The van der Waals surface area contributed by atoms with Gasteiger partial charge in [-0.3, -0.25) is 0 Å². The fourth-order valence-corrected chi connectivity index (χ4v) is 3.22. The van der Waals surface area contributed by atoms with Gasteiger partial charge in [0, 0.05) is 31.4 Å². The minimum Gasteiger partial charge on any atom is -0.373 e. The predicted octanol–water partition coefficient (Wildman–Crippen LogP) is 1.66. The van der Waals surface area contributed by atoms with E-state index in [0.29, 0.717) is 25.3 Å². The molecule has 4 rings (SSSR count). The quantitative estimate of drug-likeness (QED) is 0.755. The summed E-state index contributed by atoms with van der Waals surface area (Å²) < 4.78 is 5.66. The Bertz CT molecular complexity index is 944. The molecule has 0 amide bonds. The number of rotatable bonds is 3. The Hall–Kier alpha value is -2.95. The van der Waals surface area contributed by atoms with Crippen LogP contribution in [0.3, 0.4) is 0 Å². The van der Waals surface area contributed by atoms with Gasteiger partial charge in [0.25, 0.3) is 0 Å². The third kappa shape index (κ3) is 2.82. The van der Waals surface area contributed by atoms with Gasteiger partial charge in [-0.15, -0.1) is 0 Å². The number of fused-ring (bicyclic) bond motifs is 1. The Balaban J connectivity index is 1.83. The summed E-state index contributed by atoms with van der Waals surface area (Å²) in [5, 5.41) is 10.1. The molecule has 0 saturated carbocycles. The van der Waals surface area contributed by atoms with Gasteiger partial charge < -0.3 is 20.4 Å². The molecule has 0 bridgehead atoms. The topological polar surface area (TPSA) is 104 Å². The van der Waals surface area contributed by atoms with Gasteiger partial charge in [-0.1, -0.05) is 12.1 Å². The van der Waals surface area contributed by atoms with Crippen LogP contribution in [-0.4, -0.2) is 47.3 Å². The lowest BCUT2D eigenvalue weighted by atomic mass is 10.0. The van der Waals surface area contributed by atoms with Crippen molar-refractivity contribution in [2.75, 3.05) is 31.1 Å². The van der Waals surface area contributed by atoms with Crippen molar-refractivity contribution in [2.45, 2.75) is 6.10 Å². The van der Waals surface area contributed by atoms with Gasteiger partial charge in [-0.05, 0) is 17.7 Å². The van der Waals surface area contributed by atoms with E-state index in [1.165, 1.54) is 0 Å². The molecule has 3 aromatic rings. The Morgan fingerprint density at radius 1 is 1.40 bits per heavy atom. The third-order valence-electron chi connectivity index (χ3n) is 4.45. The van der Waals surface area contributed by atoms with Crippen molar-refractivity contribution in [3.8, 4) is 17.2 Å². The summed E-state index contributed by atoms with van der Waals surface area (Å²) in [6, 6.07) is 9.73. The maximum Gasteiger partial charge on any atom is 0.143 e. The molecule has 1 aliphatic rings. The molecule has 0 spiro atoms. The first-order chi connectivity index (χ1) is 12.3. The number of morpholine rings is 1. The summed E-state index contributed by atoms with van der Waals surface area (Å²) in [6.45, 7) is 2.56. The van der Waals surface area contributed by atoms with Crippen molar-refractivity contribution < 1.29 is 4.74 Å². The molecule has 1 aromatic carbocycles. The van der Waals surface area contributed by atoms with E-state index in [9.17, 15) is 5.26 Å². The molecule has 1 atom stereocenters. The molecule has 1 saturated heterocycles. The molecule has 0 radical (unpaired) electrons. The highest BCUT2D eigenvalue weighted by molar-refractivity contribution is 6.01. The highest BCUT2D eigenvalue weighted by atomic mass is 16.5. The van der Waals surface area contributed by atoms with Crippen molar-refractivity contribution in [1.82, 2.24) is 15.0 Å². The standard InChI is InChI=1S/C18H18N6O/c19-7-12-2-1-3-13(6-12)15-9-21-17-16(15)18(23-11-22-17)24-4-5-25-14(8-20)10-24/h1-3,6,9,11,14H,4-5,8,10,20H2,(H,21,22,23). The molecule has 7 nitrogen and oxygen atoms in total. The van der Waals surface area contributed by atoms with Crippen LogP contribution in [0.25, 0.3) is 22.2 Å². The van der Waals surface area contributed by atoms with Crippen LogP contribution in [0.4, 0.5) is 5.82 Å². The lowest BCUT2D eigenvalue weighted by Crippen LogP contribution is -2.46. The molecular weight excluding hydrogens is 316 g/mol. The number of hydrogen-bond donors (Lipinski definition) is 2. The zero-order valence-corrected chi connectivity index (χ0v) is 13.6. The Morgan fingerprint density at radius 3 is 3.16 bits per heavy atom. The SMILES string of the molecule is N#Cc1cccc(-c2c[nH]c3ncnc(N4CCOC(CN)C4)c23)c1. The monoisotopic (exact) mass is 334 g/mol. The molecular formula is C18H18N6O. The van der Waals surface area contributed by atoms with E-state index in [1.54, 1.807) is 12.4 Å². The lowest BCUT2D eigenvalue weighted by molar-refractivity contribution is 0.0464. The molecule has 2 aromatic heterocycles. The smallest absolute Gasteiger partial charge is 0.143 e. The second kappa shape index (κ2) is 6.51. The summed E-state index contributed by atoms with van der Waals surface area (Å²) in [6.07, 6.45) is 3.49. The zero-order valence-electron chi connectivity index (χ0n) is 13.6. The Morgan fingerprint density at radius 2 is 2.32 bits per heavy atom. The van der Waals surface area contributed by atoms with Gasteiger partial charge >= 0.3 is 0 Å². The van der Waals surface area contributed by atoms with Crippen molar-refractivity contribution in [3.63, 3.8) is 0 Å². The van der Waals surface area contributed by atoms with E-state index in [0.717, 1.165) is 34.5 Å². The van der Waals surface area contributed by atoms with E-state index in [2.05, 4.69) is 25.9 Å². The molecule has 25 heavy (non-hydrogen) atoms. The number of hydrogen-bond acceptors (Lipinski definition) is 6. The van der Waals surface area contributed by atoms with Crippen LogP contribution in [0, 0.1) is 11.3 Å². The first-order valence-corrected chi connectivity index (χ1v) is 8.19. The average Bonchev–Trinajstić information content (AvgIpc) is 3.12. The van der Waals surface area contributed by atoms with Gasteiger partial charge in [0.15, 0.2) is 0 Å². The van der Waals surface area contributed by atoms with Crippen LogP contribution in [0.2, 0.25) is 0 Å². The predicted molar refractivity (Wildman–Crippen MR) is 95.0 cm³/mol. The van der Waals surface area contributed by atoms with E-state index < -0.39 is 0 Å². The van der Waals surface area contributed by atoms with Crippen molar-refractivity contribution in [1.29, 1.82) is 5.26 Å². The Kier molecular flexibility index (Phi) is 4.06. The van der Waals surface area contributed by atoms with Gasteiger partial charge in [0.1, 0.15) is 17.8 Å². The van der Waals surface area contributed by atoms with Crippen LogP contribution < -0.4 is 10.6 Å². The molecule has 3 heterocycles. The van der Waals surface area contributed by atoms with E-state index >= 15 is 0 Å². The van der Waals surface area contributed by atoms with Crippen molar-refractivity contribution >= 4 is 16.9 Å². The highest BCUT2D eigenvalue weighted by Gasteiger charge is 2.24. The average molecular weight is 334 g/mol. The number of nitrogens with two attached hydrogens (primary N) is 1. The molecule has 0 aliphatic carbocycles. The fraction of sp³-hybridized carbons (Fsp3) is 0.278. The third-order valence-corrected chi connectivity index (χ3v) is 4.45. The van der Waals surface area contributed by atoms with Crippen molar-refractivity contribution in [3.05, 3.63) is 42.4 Å². The number of nitriles is 1. The summed E-state index contributed by atoms with van der Waals surface area (Å²) in [5.41, 5.74) is 9.12. The Labute approximate surface area is 145 Å². The largest absolute Gasteiger partial charge is 0.373 e. The van der Waals surface area contributed by atoms with Gasteiger partial charge in [-0.25, -0.2) is 9.97 Å². The second-order valence-electron chi connectivity index (χ2n) is 5.99. The first kappa shape index (κ1) is 15.6. The molecule has 1 fully saturated rings. The van der Waals surface area contributed by atoms with Crippen LogP contribution in [0.15, 0.2) is 36.8 Å². The summed E-state index contributed by atoms with van der Waals surface area (Å²) in [4.78, 5) is 14.3. The van der Waals surface area contributed by atoms with Crippen LogP contribution in [0.1, 0.15) is 5.56 Å². The molecule has 7 heteroatoms. The van der Waals surface area contributed by atoms with Crippen LogP contribution in [0.5, 0.6) is 0 Å². The molecule has 126 valence electrons. The molecule has 1 aliphatic heterocycles. The number of H-pyrrole nitrogens is 1. The van der Waals surface area contributed by atoms with Crippen LogP contribution in [-0.2, 0) is 4.74 Å². The van der Waals surface area contributed by atoms with Gasteiger partial charge in [0.05, 0.1) is 29.7 Å². The number of benzene rings is 1. The van der Waals surface area contributed by atoms with Crippen LogP contribution >= 0.6 is 0 Å². The highest BCUT2D eigenvalue weighted by Crippen LogP contribution is 2.34. The number of nitrogens with one attached hydrogen (secondary N) is 1. The summed E-state index contributed by atoms with van der Waals surface area (Å²) >= 11 is 0. The number of ether oxygens (including phenoxy) is 1. The number of aromatic amines is 1. The number of anilines is 1. The van der Waals surface area contributed by atoms with E-state index in [4.69, 9.17) is 10.5 Å².